The highest BCUT2D eigenvalue weighted by Gasteiger charge is 2.45. The summed E-state index contributed by atoms with van der Waals surface area (Å²) in [5, 5.41) is 6.53. The van der Waals surface area contributed by atoms with E-state index >= 15 is 0 Å². The molecule has 1 saturated heterocycles. The molecule has 0 spiro atoms. The Hall–Kier alpha value is -1.07. The maximum Gasteiger partial charge on any atom is 0.416 e. The average Bonchev–Trinajstić information content (AvgIpc) is 3.54. The van der Waals surface area contributed by atoms with E-state index in [1.54, 1.807) is 13.1 Å². The minimum Gasteiger partial charge on any atom is -0.381 e. The number of ether oxygens (including phenoxy) is 2. The molecule has 31 heavy (non-hydrogen) atoms. The Morgan fingerprint density at radius 3 is 2.61 bits per heavy atom. The largest absolute Gasteiger partial charge is 0.416 e. The van der Waals surface area contributed by atoms with Gasteiger partial charge in [-0.05, 0) is 49.7 Å². The van der Waals surface area contributed by atoms with Gasteiger partial charge in [0, 0.05) is 52.0 Å². The van der Waals surface area contributed by atoms with Gasteiger partial charge in [-0.25, -0.2) is 0 Å². The number of alkyl halides is 3. The van der Waals surface area contributed by atoms with Crippen molar-refractivity contribution in [1.29, 1.82) is 0 Å². The van der Waals surface area contributed by atoms with Crippen LogP contribution in [0.2, 0.25) is 0 Å². The van der Waals surface area contributed by atoms with E-state index in [2.05, 4.69) is 15.6 Å². The molecule has 1 heterocycles. The minimum absolute atomic E-state index is 0. The highest BCUT2D eigenvalue weighted by atomic mass is 127. The molecule has 1 aliphatic carbocycles. The third-order valence-electron chi connectivity index (χ3n) is 5.93. The summed E-state index contributed by atoms with van der Waals surface area (Å²) in [6, 6.07) is 5.68. The fourth-order valence-corrected chi connectivity index (χ4v) is 3.76. The quantitative estimate of drug-likeness (QED) is 0.206. The van der Waals surface area contributed by atoms with Crippen LogP contribution in [0.5, 0.6) is 0 Å². The molecule has 1 saturated carbocycles. The molecule has 1 aromatic carbocycles. The number of nitrogens with zero attached hydrogens (tertiary/aromatic N) is 1. The molecule has 5 nitrogen and oxygen atoms in total. The van der Waals surface area contributed by atoms with Crippen molar-refractivity contribution in [2.24, 2.45) is 10.9 Å². The van der Waals surface area contributed by atoms with Crippen molar-refractivity contribution in [3.8, 4) is 0 Å². The normalized spacial score (nSPS) is 18.9. The first-order valence-electron chi connectivity index (χ1n) is 10.7. The molecule has 176 valence electrons. The lowest BCUT2D eigenvalue weighted by Crippen LogP contribution is -2.41. The summed E-state index contributed by atoms with van der Waals surface area (Å²) < 4.78 is 50.2. The van der Waals surface area contributed by atoms with E-state index in [1.165, 1.54) is 12.1 Å². The first-order valence-corrected chi connectivity index (χ1v) is 10.7. The summed E-state index contributed by atoms with van der Waals surface area (Å²) in [5.74, 6) is 1.27. The van der Waals surface area contributed by atoms with Crippen molar-refractivity contribution in [3.05, 3.63) is 35.4 Å². The monoisotopic (exact) mass is 555 g/mol. The maximum absolute atomic E-state index is 13.0. The molecular weight excluding hydrogens is 522 g/mol. The van der Waals surface area contributed by atoms with Crippen LogP contribution >= 0.6 is 24.0 Å². The molecule has 0 bridgehead atoms. The summed E-state index contributed by atoms with van der Waals surface area (Å²) in [4.78, 5) is 4.22. The molecular formula is C22H33F3IN3O2. The van der Waals surface area contributed by atoms with Crippen LogP contribution in [0, 0.1) is 5.92 Å². The Bertz CT molecular complexity index is 705. The second-order valence-electron chi connectivity index (χ2n) is 8.20. The Kier molecular flexibility index (Phi) is 10.3. The Balaban J connectivity index is 0.00000341. The molecule has 2 fully saturated rings. The smallest absolute Gasteiger partial charge is 0.381 e. The van der Waals surface area contributed by atoms with E-state index < -0.39 is 11.7 Å². The van der Waals surface area contributed by atoms with Gasteiger partial charge in [-0.15, -0.1) is 24.0 Å². The highest BCUT2D eigenvalue weighted by Crippen LogP contribution is 2.48. The van der Waals surface area contributed by atoms with Gasteiger partial charge in [0.1, 0.15) is 0 Å². The minimum atomic E-state index is -4.32. The number of rotatable bonds is 9. The number of hydrogen-bond donors (Lipinski definition) is 2. The molecule has 0 unspecified atom stereocenters. The fraction of sp³-hybridized carbons (Fsp3) is 0.682. The molecule has 2 N–H and O–H groups in total. The maximum atomic E-state index is 13.0. The van der Waals surface area contributed by atoms with Crippen molar-refractivity contribution >= 4 is 29.9 Å². The number of aliphatic imine (C=N–C) groups is 1. The fourth-order valence-electron chi connectivity index (χ4n) is 3.76. The molecule has 3 rings (SSSR count). The molecule has 1 aliphatic heterocycles. The van der Waals surface area contributed by atoms with Crippen LogP contribution in [-0.2, 0) is 21.1 Å². The van der Waals surface area contributed by atoms with Gasteiger partial charge >= 0.3 is 6.18 Å². The van der Waals surface area contributed by atoms with Gasteiger partial charge in [0.2, 0.25) is 0 Å². The van der Waals surface area contributed by atoms with E-state index in [0.717, 1.165) is 70.1 Å². The number of benzene rings is 1. The van der Waals surface area contributed by atoms with Crippen LogP contribution in [0.25, 0.3) is 0 Å². The topological polar surface area (TPSA) is 54.9 Å². The summed E-state index contributed by atoms with van der Waals surface area (Å²) in [7, 11) is 1.70. The molecule has 9 heteroatoms. The summed E-state index contributed by atoms with van der Waals surface area (Å²) >= 11 is 0. The van der Waals surface area contributed by atoms with Crippen LogP contribution in [0.1, 0.15) is 43.2 Å². The zero-order chi connectivity index (χ0) is 21.5. The predicted molar refractivity (Wildman–Crippen MR) is 126 cm³/mol. The third-order valence-corrected chi connectivity index (χ3v) is 5.93. The summed E-state index contributed by atoms with van der Waals surface area (Å²) in [6.45, 7) is 4.43. The molecule has 0 atom stereocenters. The Labute approximate surface area is 199 Å². The van der Waals surface area contributed by atoms with Crippen molar-refractivity contribution < 1.29 is 22.6 Å². The third kappa shape index (κ3) is 8.09. The summed E-state index contributed by atoms with van der Waals surface area (Å²) in [5.41, 5.74) is -0.0950. The second kappa shape index (κ2) is 12.2. The number of guanidine groups is 1. The van der Waals surface area contributed by atoms with Crippen molar-refractivity contribution in [2.75, 3.05) is 46.6 Å². The molecule has 1 aromatic rings. The zero-order valence-electron chi connectivity index (χ0n) is 18.0. The lowest BCUT2D eigenvalue weighted by atomic mass is 9.94. The van der Waals surface area contributed by atoms with E-state index in [1.807, 2.05) is 0 Å². The van der Waals surface area contributed by atoms with Crippen LogP contribution in [0.3, 0.4) is 0 Å². The van der Waals surface area contributed by atoms with Crippen molar-refractivity contribution in [2.45, 2.75) is 43.7 Å². The van der Waals surface area contributed by atoms with Crippen LogP contribution in [-0.4, -0.2) is 52.5 Å². The van der Waals surface area contributed by atoms with Gasteiger partial charge in [0.05, 0.1) is 5.56 Å². The van der Waals surface area contributed by atoms with Crippen molar-refractivity contribution in [1.82, 2.24) is 10.6 Å². The Morgan fingerprint density at radius 2 is 1.97 bits per heavy atom. The zero-order valence-corrected chi connectivity index (χ0v) is 20.3. The first-order chi connectivity index (χ1) is 14.4. The van der Waals surface area contributed by atoms with Gasteiger partial charge in [-0.2, -0.15) is 13.2 Å². The molecule has 0 radical (unpaired) electrons. The lowest BCUT2D eigenvalue weighted by Gasteiger charge is -2.22. The van der Waals surface area contributed by atoms with E-state index in [9.17, 15) is 13.2 Å². The lowest BCUT2D eigenvalue weighted by molar-refractivity contribution is -0.137. The number of nitrogens with one attached hydrogen (secondary N) is 2. The van der Waals surface area contributed by atoms with E-state index in [-0.39, 0.29) is 29.4 Å². The van der Waals surface area contributed by atoms with Crippen LogP contribution < -0.4 is 10.6 Å². The molecule has 0 aromatic heterocycles. The van der Waals surface area contributed by atoms with Gasteiger partial charge in [-0.3, -0.25) is 4.99 Å². The van der Waals surface area contributed by atoms with Gasteiger partial charge in [0.25, 0.3) is 0 Å². The predicted octanol–water partition coefficient (Wildman–Crippen LogP) is 4.35. The second-order valence-corrected chi connectivity index (χ2v) is 8.20. The van der Waals surface area contributed by atoms with Crippen LogP contribution in [0.15, 0.2) is 29.3 Å². The molecule has 2 aliphatic rings. The van der Waals surface area contributed by atoms with Gasteiger partial charge in [-0.1, -0.05) is 18.2 Å². The van der Waals surface area contributed by atoms with Crippen molar-refractivity contribution in [3.63, 3.8) is 0 Å². The summed E-state index contributed by atoms with van der Waals surface area (Å²) in [6.07, 6.45) is 0.439. The van der Waals surface area contributed by atoms with Crippen LogP contribution in [0.4, 0.5) is 13.2 Å². The highest BCUT2D eigenvalue weighted by molar-refractivity contribution is 14.0. The standard InChI is InChI=1S/C22H32F3N3O2.HI/c1-26-20(27-10-3-11-30-15-17-6-12-29-13-7-17)28-16-21(8-9-21)18-4-2-5-19(14-18)22(23,24)25;/h2,4-5,14,17H,3,6-13,15-16H2,1H3,(H2,26,27,28);1H. The Morgan fingerprint density at radius 1 is 1.23 bits per heavy atom. The number of hydrogen-bond acceptors (Lipinski definition) is 3. The van der Waals surface area contributed by atoms with E-state index in [4.69, 9.17) is 9.47 Å². The SMILES string of the molecule is CN=C(NCCCOCC1CCOCC1)NCC1(c2cccc(C(F)(F)F)c2)CC1.I. The van der Waals surface area contributed by atoms with Gasteiger partial charge < -0.3 is 20.1 Å². The number of halogens is 4. The molecule has 0 amide bonds. The first kappa shape index (κ1) is 26.2. The van der Waals surface area contributed by atoms with E-state index in [0.29, 0.717) is 25.0 Å². The average molecular weight is 555 g/mol. The van der Waals surface area contributed by atoms with Gasteiger partial charge in [0.15, 0.2) is 5.96 Å².